The van der Waals surface area contributed by atoms with Crippen molar-refractivity contribution in [2.75, 3.05) is 0 Å². The van der Waals surface area contributed by atoms with Crippen LogP contribution in [0.3, 0.4) is 0 Å². The quantitative estimate of drug-likeness (QED) is 0.756. The third-order valence-electron chi connectivity index (χ3n) is 4.48. The van der Waals surface area contributed by atoms with Crippen molar-refractivity contribution in [1.82, 2.24) is 9.88 Å². The number of ether oxygens (including phenoxy) is 1. The molecule has 0 unspecified atom stereocenters. The zero-order valence-corrected chi connectivity index (χ0v) is 15.1. The van der Waals surface area contributed by atoms with Gasteiger partial charge in [-0.25, -0.2) is 4.98 Å². The summed E-state index contributed by atoms with van der Waals surface area (Å²) in [4.78, 5) is 19.2. The highest BCUT2D eigenvalue weighted by atomic mass is 32.1. The fourth-order valence-corrected chi connectivity index (χ4v) is 3.86. The van der Waals surface area contributed by atoms with Gasteiger partial charge in [-0.1, -0.05) is 30.6 Å². The molecule has 3 rings (SSSR count). The average molecular weight is 344 g/mol. The van der Waals surface area contributed by atoms with Crippen molar-refractivity contribution in [3.63, 3.8) is 0 Å². The molecule has 1 aliphatic rings. The van der Waals surface area contributed by atoms with Crippen LogP contribution in [0.25, 0.3) is 0 Å². The van der Waals surface area contributed by atoms with Crippen LogP contribution >= 0.6 is 11.3 Å². The molecule has 0 aliphatic heterocycles. The van der Waals surface area contributed by atoms with E-state index in [1.54, 1.807) is 6.20 Å². The van der Waals surface area contributed by atoms with E-state index in [4.69, 9.17) is 4.74 Å². The van der Waals surface area contributed by atoms with E-state index in [1.165, 1.54) is 30.6 Å². The fraction of sp³-hybridized carbons (Fsp3) is 0.474. The van der Waals surface area contributed by atoms with Gasteiger partial charge in [0.05, 0.1) is 0 Å². The maximum atomic E-state index is 13.0. The van der Waals surface area contributed by atoms with Crippen molar-refractivity contribution in [2.24, 2.45) is 0 Å². The maximum Gasteiger partial charge on any atom is 0.278 e. The highest BCUT2D eigenvalue weighted by molar-refractivity contribution is 7.11. The van der Waals surface area contributed by atoms with E-state index in [1.807, 2.05) is 29.6 Å². The van der Waals surface area contributed by atoms with Crippen LogP contribution in [0.4, 0.5) is 0 Å². The van der Waals surface area contributed by atoms with E-state index in [-0.39, 0.29) is 11.9 Å². The summed E-state index contributed by atoms with van der Waals surface area (Å²) in [7, 11) is 0. The Morgan fingerprint density at radius 2 is 1.92 bits per heavy atom. The minimum atomic E-state index is 0.123. The lowest BCUT2D eigenvalue weighted by atomic mass is 9.93. The van der Waals surface area contributed by atoms with Gasteiger partial charge in [0.2, 0.25) is 0 Å². The molecule has 4 nitrogen and oxygen atoms in total. The van der Waals surface area contributed by atoms with Crippen molar-refractivity contribution in [2.45, 2.75) is 58.0 Å². The van der Waals surface area contributed by atoms with Crippen molar-refractivity contribution in [3.05, 3.63) is 41.4 Å². The van der Waals surface area contributed by atoms with E-state index in [9.17, 15) is 4.79 Å². The molecule has 24 heavy (non-hydrogen) atoms. The Morgan fingerprint density at radius 1 is 1.21 bits per heavy atom. The number of thiazole rings is 1. The molecular formula is C19H24N2O2S. The lowest BCUT2D eigenvalue weighted by Gasteiger charge is -2.37. The molecule has 1 amide bonds. The number of benzene rings is 1. The molecule has 0 bridgehead atoms. The van der Waals surface area contributed by atoms with Gasteiger partial charge in [0.1, 0.15) is 5.75 Å². The van der Waals surface area contributed by atoms with Crippen LogP contribution in [0, 0.1) is 0 Å². The molecule has 0 atom stereocenters. The first-order valence-corrected chi connectivity index (χ1v) is 9.53. The Balaban J connectivity index is 1.72. The van der Waals surface area contributed by atoms with E-state index in [0.29, 0.717) is 17.0 Å². The number of rotatable bonds is 5. The van der Waals surface area contributed by atoms with E-state index in [2.05, 4.69) is 23.7 Å². The summed E-state index contributed by atoms with van der Waals surface area (Å²) in [6.45, 7) is 4.21. The van der Waals surface area contributed by atoms with Crippen molar-refractivity contribution >= 4 is 17.2 Å². The van der Waals surface area contributed by atoms with Crippen LogP contribution in [0.2, 0.25) is 0 Å². The number of hydrogen-bond acceptors (Lipinski definition) is 4. The van der Waals surface area contributed by atoms with Crippen LogP contribution in [-0.4, -0.2) is 27.9 Å². The summed E-state index contributed by atoms with van der Waals surface area (Å²) >= 11 is 1.45. The zero-order valence-electron chi connectivity index (χ0n) is 14.3. The summed E-state index contributed by atoms with van der Waals surface area (Å²) in [6.07, 6.45) is 7.69. The van der Waals surface area contributed by atoms with E-state index < -0.39 is 0 Å². The summed E-state index contributed by atoms with van der Waals surface area (Å²) in [6, 6.07) is 7.97. The zero-order chi connectivity index (χ0) is 16.9. The monoisotopic (exact) mass is 344 g/mol. The molecule has 0 spiro atoms. The van der Waals surface area contributed by atoms with Gasteiger partial charge in [0, 0.05) is 29.2 Å². The third-order valence-corrected chi connectivity index (χ3v) is 5.12. The van der Waals surface area contributed by atoms with Gasteiger partial charge in [-0.3, -0.25) is 4.79 Å². The fourth-order valence-electron chi connectivity index (χ4n) is 3.36. The Morgan fingerprint density at radius 3 is 2.50 bits per heavy atom. The van der Waals surface area contributed by atoms with Crippen LogP contribution in [0.5, 0.6) is 10.9 Å². The number of aromatic nitrogens is 1. The third kappa shape index (κ3) is 3.96. The van der Waals surface area contributed by atoms with Crippen molar-refractivity contribution < 1.29 is 9.53 Å². The van der Waals surface area contributed by atoms with Gasteiger partial charge in [-0.15, -0.1) is 0 Å². The van der Waals surface area contributed by atoms with Gasteiger partial charge >= 0.3 is 0 Å². The van der Waals surface area contributed by atoms with Crippen LogP contribution in [0.1, 0.15) is 56.3 Å². The molecule has 128 valence electrons. The highest BCUT2D eigenvalue weighted by Crippen LogP contribution is 2.27. The summed E-state index contributed by atoms with van der Waals surface area (Å²) < 4.78 is 5.66. The Kier molecular flexibility index (Phi) is 5.51. The van der Waals surface area contributed by atoms with Gasteiger partial charge < -0.3 is 9.64 Å². The number of nitrogens with zero attached hydrogens (tertiary/aromatic N) is 2. The Labute approximate surface area is 147 Å². The van der Waals surface area contributed by atoms with Gasteiger partial charge in [0.15, 0.2) is 0 Å². The maximum absolute atomic E-state index is 13.0. The molecule has 1 aromatic carbocycles. The summed E-state index contributed by atoms with van der Waals surface area (Å²) in [5.74, 6) is 0.827. The SMILES string of the molecule is CC(C)N(C(=O)c1ccc(Oc2nccs2)cc1)C1CCCCC1. The molecule has 1 fully saturated rings. The predicted octanol–water partition coefficient (Wildman–Crippen LogP) is 5.12. The first kappa shape index (κ1) is 17.0. The van der Waals surface area contributed by atoms with Crippen LogP contribution in [0.15, 0.2) is 35.8 Å². The van der Waals surface area contributed by atoms with E-state index >= 15 is 0 Å². The lowest BCUT2D eigenvalue weighted by molar-refractivity contribution is 0.0555. The average Bonchev–Trinajstić information content (AvgIpc) is 3.09. The van der Waals surface area contributed by atoms with Gasteiger partial charge in [-0.05, 0) is 51.0 Å². The second-order valence-electron chi connectivity index (χ2n) is 6.52. The smallest absolute Gasteiger partial charge is 0.278 e. The van der Waals surface area contributed by atoms with Crippen LogP contribution in [-0.2, 0) is 0 Å². The minimum Gasteiger partial charge on any atom is -0.431 e. The second-order valence-corrected chi connectivity index (χ2v) is 7.38. The minimum absolute atomic E-state index is 0.123. The molecule has 1 heterocycles. The van der Waals surface area contributed by atoms with Crippen LogP contribution < -0.4 is 4.74 Å². The molecular weight excluding hydrogens is 320 g/mol. The Bertz CT molecular complexity index is 647. The number of carbonyl (C=O) groups excluding carboxylic acids is 1. The molecule has 0 saturated heterocycles. The lowest BCUT2D eigenvalue weighted by Crippen LogP contribution is -2.45. The number of carbonyl (C=O) groups is 1. The largest absolute Gasteiger partial charge is 0.431 e. The number of hydrogen-bond donors (Lipinski definition) is 0. The normalized spacial score (nSPS) is 15.5. The molecule has 0 N–H and O–H groups in total. The predicted molar refractivity (Wildman–Crippen MR) is 96.8 cm³/mol. The molecule has 1 aromatic heterocycles. The standard InChI is InChI=1S/C19H24N2O2S/c1-14(2)21(16-6-4-3-5-7-16)18(22)15-8-10-17(11-9-15)23-19-20-12-13-24-19/h8-14,16H,3-7H2,1-2H3. The molecule has 1 aliphatic carbocycles. The summed E-state index contributed by atoms with van der Waals surface area (Å²) in [5.41, 5.74) is 0.723. The molecule has 5 heteroatoms. The first-order chi connectivity index (χ1) is 11.6. The number of amides is 1. The Hall–Kier alpha value is -1.88. The van der Waals surface area contributed by atoms with Crippen molar-refractivity contribution in [3.8, 4) is 10.9 Å². The molecule has 0 radical (unpaired) electrons. The van der Waals surface area contributed by atoms with E-state index in [0.717, 1.165) is 18.4 Å². The van der Waals surface area contributed by atoms with Crippen molar-refractivity contribution in [1.29, 1.82) is 0 Å². The summed E-state index contributed by atoms with van der Waals surface area (Å²) in [5, 5.41) is 2.48. The van der Waals surface area contributed by atoms with Gasteiger partial charge in [0.25, 0.3) is 11.1 Å². The topological polar surface area (TPSA) is 42.4 Å². The highest BCUT2D eigenvalue weighted by Gasteiger charge is 2.28. The molecule has 1 saturated carbocycles. The molecule has 2 aromatic rings. The first-order valence-electron chi connectivity index (χ1n) is 8.65. The second kappa shape index (κ2) is 7.79. The van der Waals surface area contributed by atoms with Gasteiger partial charge in [-0.2, -0.15) is 0 Å².